The van der Waals surface area contributed by atoms with Gasteiger partial charge in [0.05, 0.1) is 85.3 Å². The monoisotopic (exact) mass is 630 g/mol. The van der Waals surface area contributed by atoms with E-state index >= 15 is 0 Å². The highest BCUT2D eigenvalue weighted by molar-refractivity contribution is 5.41. The Kier molecular flexibility index (Phi) is 19.2. The Morgan fingerprint density at radius 3 is 0.419 bits per heavy atom. The third-order valence-electron chi connectivity index (χ3n) is 4.17. The molecule has 0 aromatic carbocycles. The molecule has 0 saturated carbocycles. The number of nitrogens with zero attached hydrogens (tertiary/aromatic N) is 12. The van der Waals surface area contributed by atoms with Crippen LogP contribution < -0.4 is 31.4 Å². The maximum absolute atomic E-state index is 4.95. The second-order valence-electron chi connectivity index (χ2n) is 6.20. The van der Waals surface area contributed by atoms with E-state index in [4.69, 9.17) is 58.1 Å². The molecule has 25 nitrogen and oxygen atoms in total. The molecule has 0 spiro atoms. The molecule has 0 atom stereocenters. The molecular formula is C18H38N12O13. The standard InChI is InChI=1S/2C9H18N6O6.H2O/c2*1-16-13(17-2)7-10-8(14(18-3)19-4)12-9(11-7)15(20-5)21-6;/h2*1-6H3;1H2. The van der Waals surface area contributed by atoms with Crippen molar-refractivity contribution in [3.05, 3.63) is 0 Å². The van der Waals surface area contributed by atoms with E-state index in [1.165, 1.54) is 85.3 Å². The fourth-order valence-electron chi connectivity index (χ4n) is 2.60. The Morgan fingerprint density at radius 2 is 0.349 bits per heavy atom. The minimum absolute atomic E-state index is 0. The summed E-state index contributed by atoms with van der Waals surface area (Å²) in [5.41, 5.74) is 0. The van der Waals surface area contributed by atoms with Crippen molar-refractivity contribution in [3.63, 3.8) is 0 Å². The molecule has 0 bridgehead atoms. The van der Waals surface area contributed by atoms with Crippen LogP contribution in [0, 0.1) is 0 Å². The smallest absolute Gasteiger partial charge is 0.284 e. The number of anilines is 6. The third kappa shape index (κ3) is 10.8. The van der Waals surface area contributed by atoms with Crippen molar-refractivity contribution in [2.75, 3.05) is 117 Å². The lowest BCUT2D eigenvalue weighted by Crippen LogP contribution is -2.30. The first-order chi connectivity index (χ1) is 20.3. The molecule has 2 aromatic rings. The second-order valence-corrected chi connectivity index (χ2v) is 6.20. The Balaban J connectivity index is 0.000000802. The van der Waals surface area contributed by atoms with E-state index in [0.29, 0.717) is 0 Å². The molecule has 0 fully saturated rings. The van der Waals surface area contributed by atoms with Crippen LogP contribution in [0.4, 0.5) is 35.7 Å². The molecule has 0 radical (unpaired) electrons. The van der Waals surface area contributed by atoms with Crippen LogP contribution in [-0.4, -0.2) is 121 Å². The third-order valence-corrected chi connectivity index (χ3v) is 4.17. The van der Waals surface area contributed by atoms with Crippen LogP contribution in [0.15, 0.2) is 0 Å². The molecule has 0 unspecified atom stereocenters. The topological polar surface area (TPSA) is 239 Å². The van der Waals surface area contributed by atoms with E-state index in [9.17, 15) is 0 Å². The van der Waals surface area contributed by atoms with Crippen molar-refractivity contribution in [1.29, 1.82) is 0 Å². The molecule has 2 heterocycles. The average Bonchev–Trinajstić information content (AvgIpc) is 3.01. The Labute approximate surface area is 246 Å². The predicted octanol–water partition coefficient (Wildman–Crippen LogP) is -1.51. The van der Waals surface area contributed by atoms with Gasteiger partial charge in [0.1, 0.15) is 0 Å². The second kappa shape index (κ2) is 21.1. The molecule has 248 valence electrons. The maximum atomic E-state index is 4.95. The average molecular weight is 631 g/mol. The van der Waals surface area contributed by atoms with Crippen LogP contribution in [0.1, 0.15) is 0 Å². The minimum atomic E-state index is 0. The largest absolute Gasteiger partial charge is 0.412 e. The van der Waals surface area contributed by atoms with E-state index < -0.39 is 0 Å². The Hall–Kier alpha value is -3.70. The molecule has 0 saturated heterocycles. The summed E-state index contributed by atoms with van der Waals surface area (Å²) in [5, 5.41) is 5.68. The summed E-state index contributed by atoms with van der Waals surface area (Å²) in [6.45, 7) is 0. The number of hydrogen-bond acceptors (Lipinski definition) is 24. The van der Waals surface area contributed by atoms with Crippen LogP contribution in [0.3, 0.4) is 0 Å². The summed E-state index contributed by atoms with van der Waals surface area (Å²) in [6.07, 6.45) is 0. The van der Waals surface area contributed by atoms with Gasteiger partial charge in [-0.25, -0.2) is 58.1 Å². The van der Waals surface area contributed by atoms with Gasteiger partial charge in [-0.05, 0) is 0 Å². The van der Waals surface area contributed by atoms with Crippen LogP contribution in [0.25, 0.3) is 0 Å². The van der Waals surface area contributed by atoms with E-state index in [0.717, 1.165) is 31.4 Å². The first-order valence-corrected chi connectivity index (χ1v) is 11.1. The minimum Gasteiger partial charge on any atom is -0.412 e. The molecule has 0 aliphatic heterocycles. The van der Waals surface area contributed by atoms with E-state index in [2.05, 4.69) is 29.9 Å². The van der Waals surface area contributed by atoms with Gasteiger partial charge in [0.15, 0.2) is 0 Å². The SMILES string of the molecule is CON(OC)c1nc(N(OC)OC)nc(N(OC)OC)n1.CON(OC)c1nc(N(OC)OC)nc(N(OC)OC)n1.O. The van der Waals surface area contributed by atoms with Gasteiger partial charge in [-0.2, -0.15) is 29.9 Å². The van der Waals surface area contributed by atoms with Gasteiger partial charge in [0.25, 0.3) is 35.7 Å². The molecule has 0 aliphatic carbocycles. The molecule has 2 aromatic heterocycles. The fraction of sp³-hybridized carbons (Fsp3) is 0.667. The summed E-state index contributed by atoms with van der Waals surface area (Å²) in [4.78, 5) is 83.7. The molecule has 25 heteroatoms. The van der Waals surface area contributed by atoms with Crippen LogP contribution in [-0.2, 0) is 58.1 Å². The zero-order valence-corrected chi connectivity index (χ0v) is 25.8. The lowest BCUT2D eigenvalue weighted by molar-refractivity contribution is -0.0579. The Morgan fingerprint density at radius 1 is 0.256 bits per heavy atom. The zero-order valence-electron chi connectivity index (χ0n) is 25.8. The number of rotatable bonds is 18. The highest BCUT2D eigenvalue weighted by Gasteiger charge is 2.23. The highest BCUT2D eigenvalue weighted by atomic mass is 17.0. The van der Waals surface area contributed by atoms with Crippen molar-refractivity contribution >= 4 is 35.7 Å². The fourth-order valence-corrected chi connectivity index (χ4v) is 2.60. The molecule has 2 rings (SSSR count). The lowest BCUT2D eigenvalue weighted by Gasteiger charge is -2.22. The first-order valence-electron chi connectivity index (χ1n) is 11.1. The van der Waals surface area contributed by atoms with Gasteiger partial charge in [-0.15, -0.1) is 0 Å². The normalized spacial score (nSPS) is 10.3. The summed E-state index contributed by atoms with van der Waals surface area (Å²) < 4.78 is 0. The first kappa shape index (κ1) is 39.3. The van der Waals surface area contributed by atoms with E-state index in [1.807, 2.05) is 0 Å². The molecule has 0 amide bonds. The lowest BCUT2D eigenvalue weighted by atomic mass is 10.8. The van der Waals surface area contributed by atoms with Crippen molar-refractivity contribution in [2.45, 2.75) is 0 Å². The van der Waals surface area contributed by atoms with Gasteiger partial charge in [-0.1, -0.05) is 31.4 Å². The highest BCUT2D eigenvalue weighted by Crippen LogP contribution is 2.21. The number of hydrogen-bond donors (Lipinski definition) is 0. The van der Waals surface area contributed by atoms with Crippen LogP contribution in [0.5, 0.6) is 0 Å². The van der Waals surface area contributed by atoms with Gasteiger partial charge in [0, 0.05) is 0 Å². The quantitative estimate of drug-likeness (QED) is 0.170. The van der Waals surface area contributed by atoms with Gasteiger partial charge < -0.3 is 5.48 Å². The molecule has 43 heavy (non-hydrogen) atoms. The van der Waals surface area contributed by atoms with E-state index in [-0.39, 0.29) is 41.2 Å². The zero-order chi connectivity index (χ0) is 31.7. The van der Waals surface area contributed by atoms with Crippen LogP contribution >= 0.6 is 0 Å². The summed E-state index contributed by atoms with van der Waals surface area (Å²) >= 11 is 0. The van der Waals surface area contributed by atoms with Crippen molar-refractivity contribution in [2.24, 2.45) is 0 Å². The van der Waals surface area contributed by atoms with Crippen molar-refractivity contribution in [3.8, 4) is 0 Å². The molecule has 2 N–H and O–H groups in total. The summed E-state index contributed by atoms with van der Waals surface area (Å²) in [7, 11) is 16.5. The maximum Gasteiger partial charge on any atom is 0.284 e. The molecule has 0 aliphatic rings. The van der Waals surface area contributed by atoms with Gasteiger partial charge >= 0.3 is 0 Å². The summed E-state index contributed by atoms with van der Waals surface area (Å²) in [6, 6.07) is 0. The summed E-state index contributed by atoms with van der Waals surface area (Å²) in [5.74, 6) is 0.0733. The van der Waals surface area contributed by atoms with Gasteiger partial charge in [0.2, 0.25) is 0 Å². The van der Waals surface area contributed by atoms with Crippen molar-refractivity contribution < 1.29 is 63.5 Å². The van der Waals surface area contributed by atoms with E-state index in [1.54, 1.807) is 0 Å². The molecular weight excluding hydrogens is 592 g/mol. The Bertz CT molecular complexity index is 783. The van der Waals surface area contributed by atoms with Crippen molar-refractivity contribution in [1.82, 2.24) is 29.9 Å². The van der Waals surface area contributed by atoms with Crippen LogP contribution in [0.2, 0.25) is 0 Å². The number of aromatic nitrogens is 6. The van der Waals surface area contributed by atoms with Gasteiger partial charge in [-0.3, -0.25) is 0 Å². The predicted molar refractivity (Wildman–Crippen MR) is 142 cm³/mol.